The molecule has 0 unspecified atom stereocenters. The summed E-state index contributed by atoms with van der Waals surface area (Å²) >= 11 is 0. The largest absolute Gasteiger partial charge is 0.480 e. The van der Waals surface area contributed by atoms with E-state index in [9.17, 15) is 29.1 Å². The van der Waals surface area contributed by atoms with Crippen molar-refractivity contribution in [3.05, 3.63) is 107 Å². The highest BCUT2D eigenvalue weighted by Crippen LogP contribution is 2.29. The first-order valence-electron chi connectivity index (χ1n) is 17.4. The highest BCUT2D eigenvalue weighted by Gasteiger charge is 2.42. The zero-order valence-electron chi connectivity index (χ0n) is 29.0. The molecule has 15 heteroatoms. The normalized spacial score (nSPS) is 17.5. The molecule has 0 aliphatic carbocycles. The van der Waals surface area contributed by atoms with Gasteiger partial charge in [-0.15, -0.1) is 0 Å². The lowest BCUT2D eigenvalue weighted by molar-refractivity contribution is -0.146. The van der Waals surface area contributed by atoms with Gasteiger partial charge in [0.15, 0.2) is 5.96 Å². The molecule has 10 N–H and O–H groups in total. The minimum Gasteiger partial charge on any atom is -0.480 e. The van der Waals surface area contributed by atoms with E-state index in [1.54, 1.807) is 6.20 Å². The van der Waals surface area contributed by atoms with Crippen LogP contribution in [0.15, 0.2) is 84.0 Å². The molecule has 4 aromatic rings. The molecule has 3 heterocycles. The highest BCUT2D eigenvalue weighted by molar-refractivity contribution is 5.96. The van der Waals surface area contributed by atoms with Gasteiger partial charge in [0.2, 0.25) is 17.7 Å². The Bertz CT molecular complexity index is 2060. The number of nitrogens with zero attached hydrogens (tertiary/aromatic N) is 3. The number of aromatic nitrogens is 1. The van der Waals surface area contributed by atoms with E-state index >= 15 is 0 Å². The molecule has 0 radical (unpaired) electrons. The van der Waals surface area contributed by atoms with Gasteiger partial charge in [0.05, 0.1) is 0 Å². The van der Waals surface area contributed by atoms with E-state index in [0.29, 0.717) is 5.56 Å². The van der Waals surface area contributed by atoms with Gasteiger partial charge in [-0.25, -0.2) is 9.59 Å². The first-order chi connectivity index (χ1) is 25.5. The van der Waals surface area contributed by atoms with Crippen LogP contribution in [-0.2, 0) is 51.5 Å². The lowest BCUT2D eigenvalue weighted by Crippen LogP contribution is -2.62. The van der Waals surface area contributed by atoms with Crippen molar-refractivity contribution in [2.24, 2.45) is 22.2 Å². The molecule has 0 saturated heterocycles. The van der Waals surface area contributed by atoms with E-state index in [-0.39, 0.29) is 57.7 Å². The molecule has 0 bridgehead atoms. The van der Waals surface area contributed by atoms with Crippen LogP contribution in [0, 0.1) is 0 Å². The van der Waals surface area contributed by atoms with Crippen LogP contribution in [0.1, 0.15) is 40.7 Å². The molecule has 2 aliphatic rings. The van der Waals surface area contributed by atoms with Gasteiger partial charge >= 0.3 is 12.0 Å². The molecule has 0 saturated carbocycles. The van der Waals surface area contributed by atoms with Gasteiger partial charge in [-0.05, 0) is 46.7 Å². The van der Waals surface area contributed by atoms with Crippen LogP contribution in [0.5, 0.6) is 0 Å². The van der Waals surface area contributed by atoms with Gasteiger partial charge in [-0.1, -0.05) is 66.7 Å². The molecule has 0 spiro atoms. The van der Waals surface area contributed by atoms with Crippen LogP contribution >= 0.6 is 0 Å². The number of aromatic amines is 1. The number of nitrogens with two attached hydrogens (primary N) is 3. The number of aliphatic imine (C=N–C) groups is 1. The Morgan fingerprint density at radius 2 is 1.40 bits per heavy atom. The van der Waals surface area contributed by atoms with Crippen molar-refractivity contribution in [3.63, 3.8) is 0 Å². The third kappa shape index (κ3) is 8.24. The van der Waals surface area contributed by atoms with Gasteiger partial charge in [-0.3, -0.25) is 19.4 Å². The number of carbonyl (C=O) groups is 5. The molecule has 5 amide bonds. The first kappa shape index (κ1) is 36.4. The number of H-pyrrole nitrogens is 1. The zero-order valence-corrected chi connectivity index (χ0v) is 29.0. The van der Waals surface area contributed by atoms with Gasteiger partial charge in [-0.2, -0.15) is 0 Å². The fraction of sp³-hybridized carbons (Fsp3) is 0.316. The summed E-state index contributed by atoms with van der Waals surface area (Å²) in [4.78, 5) is 77.6. The number of urea groups is 1. The van der Waals surface area contributed by atoms with Crippen molar-refractivity contribution in [3.8, 4) is 0 Å². The van der Waals surface area contributed by atoms with Crippen LogP contribution in [0.3, 0.4) is 0 Å². The summed E-state index contributed by atoms with van der Waals surface area (Å²) in [5.41, 5.74) is 21.8. The van der Waals surface area contributed by atoms with Gasteiger partial charge in [0.25, 0.3) is 0 Å². The van der Waals surface area contributed by atoms with Crippen LogP contribution in [0.4, 0.5) is 4.79 Å². The number of hydrogen-bond acceptors (Lipinski definition) is 6. The lowest BCUT2D eigenvalue weighted by atomic mass is 9.89. The number of guanidine groups is 1. The number of carboxylic acid groups (broad SMARTS) is 1. The fourth-order valence-corrected chi connectivity index (χ4v) is 7.19. The second-order valence-electron chi connectivity index (χ2n) is 13.4. The average molecular weight is 722 g/mol. The van der Waals surface area contributed by atoms with Crippen molar-refractivity contribution in [1.82, 2.24) is 25.4 Å². The quantitative estimate of drug-likeness (QED) is 0.0637. The average Bonchev–Trinajstić information content (AvgIpc) is 3.56. The van der Waals surface area contributed by atoms with Crippen molar-refractivity contribution in [2.45, 2.75) is 69.4 Å². The monoisotopic (exact) mass is 721 g/mol. The number of nitrogens with one attached hydrogen (secondary N) is 3. The SMILES string of the molecule is NC(=O)N1Cc2ccccc2C[C@H]1C(=O)N1Cc2ccccc2C[C@@H]1C(=O)N[C@@H](CCCN=C(N)N)C(=O)N[C@@H](Cc1c[nH]c2ccccc12)C(=O)O. The second kappa shape index (κ2) is 15.9. The van der Waals surface area contributed by atoms with Crippen LogP contribution in [0.2, 0.25) is 0 Å². The molecule has 3 aromatic carbocycles. The Morgan fingerprint density at radius 1 is 0.792 bits per heavy atom. The number of hydrogen-bond donors (Lipinski definition) is 7. The highest BCUT2D eigenvalue weighted by atomic mass is 16.4. The number of para-hydroxylation sites is 1. The van der Waals surface area contributed by atoms with Crippen molar-refractivity contribution < 1.29 is 29.1 Å². The Balaban J connectivity index is 1.25. The number of benzene rings is 3. The molecule has 15 nitrogen and oxygen atoms in total. The van der Waals surface area contributed by atoms with E-state index < -0.39 is 53.9 Å². The van der Waals surface area contributed by atoms with Crippen LogP contribution in [-0.4, -0.2) is 86.3 Å². The Kier molecular flexibility index (Phi) is 10.9. The lowest BCUT2D eigenvalue weighted by Gasteiger charge is -2.42. The minimum atomic E-state index is -1.31. The zero-order chi connectivity index (χ0) is 37.6. The van der Waals surface area contributed by atoms with Gasteiger partial charge in [0.1, 0.15) is 24.2 Å². The molecular weight excluding hydrogens is 678 g/mol. The van der Waals surface area contributed by atoms with Crippen molar-refractivity contribution in [2.75, 3.05) is 6.54 Å². The summed E-state index contributed by atoms with van der Waals surface area (Å²) < 4.78 is 0. The first-order valence-corrected chi connectivity index (χ1v) is 17.4. The fourth-order valence-electron chi connectivity index (χ4n) is 7.19. The number of amides is 5. The van der Waals surface area contributed by atoms with E-state index in [1.165, 1.54) is 9.80 Å². The summed E-state index contributed by atoms with van der Waals surface area (Å²) in [5, 5.41) is 16.4. The second-order valence-corrected chi connectivity index (χ2v) is 13.4. The Labute approximate surface area is 305 Å². The minimum absolute atomic E-state index is 0.0116. The predicted octanol–water partition coefficient (Wildman–Crippen LogP) is 1.28. The van der Waals surface area contributed by atoms with Crippen molar-refractivity contribution in [1.29, 1.82) is 0 Å². The van der Waals surface area contributed by atoms with Crippen LogP contribution in [0.25, 0.3) is 10.9 Å². The number of fused-ring (bicyclic) bond motifs is 3. The van der Waals surface area contributed by atoms with E-state index in [0.717, 1.165) is 33.2 Å². The Morgan fingerprint density at radius 3 is 2.04 bits per heavy atom. The molecule has 53 heavy (non-hydrogen) atoms. The summed E-state index contributed by atoms with van der Waals surface area (Å²) in [5.74, 6) is -3.16. The third-order valence-electron chi connectivity index (χ3n) is 9.94. The number of aliphatic carboxylic acids is 1. The van der Waals surface area contributed by atoms with Crippen molar-refractivity contribution >= 4 is 46.6 Å². The standard InChI is InChI=1S/C38H43N9O6/c39-37(40)42-15-7-14-29(33(48)45-30(36(51)52)16-26-19-43-28-13-6-5-12-27(26)28)44-34(49)31-17-22-8-1-3-10-24(22)20-46(31)35(50)32-18-23-9-2-4-11-25(23)21-47(32)38(41)53/h1-6,8-13,19,29-32,43H,7,14-18,20-21H2,(H2,41,53)(H,44,49)(H,45,48)(H,51,52)(H4,39,40,42)/t29-,30-,31+,32-/m0/s1. The molecule has 276 valence electrons. The number of primary amides is 1. The topological polar surface area (TPSA) is 242 Å². The summed E-state index contributed by atoms with van der Waals surface area (Å²) in [6.07, 6.45) is 2.41. The number of rotatable bonds is 12. The summed E-state index contributed by atoms with van der Waals surface area (Å²) in [6, 6.07) is 17.1. The van der Waals surface area contributed by atoms with E-state index in [4.69, 9.17) is 17.2 Å². The Hall–Kier alpha value is -6.38. The number of carboxylic acids is 1. The molecular formula is C38H43N9O6. The maximum atomic E-state index is 14.5. The smallest absolute Gasteiger partial charge is 0.326 e. The molecule has 0 fully saturated rings. The summed E-state index contributed by atoms with van der Waals surface area (Å²) in [7, 11) is 0. The molecule has 6 rings (SSSR count). The predicted molar refractivity (Wildman–Crippen MR) is 197 cm³/mol. The maximum Gasteiger partial charge on any atom is 0.326 e. The van der Waals surface area contributed by atoms with Gasteiger partial charge < -0.3 is 47.7 Å². The van der Waals surface area contributed by atoms with Crippen LogP contribution < -0.4 is 27.8 Å². The number of carbonyl (C=O) groups excluding carboxylic acids is 4. The summed E-state index contributed by atoms with van der Waals surface area (Å²) in [6.45, 7) is 0.392. The third-order valence-corrected chi connectivity index (χ3v) is 9.94. The van der Waals surface area contributed by atoms with Gasteiger partial charge in [0, 0.05) is 56.0 Å². The maximum absolute atomic E-state index is 14.5. The molecule has 2 aliphatic heterocycles. The van der Waals surface area contributed by atoms with E-state index in [2.05, 4.69) is 20.6 Å². The van der Waals surface area contributed by atoms with E-state index in [1.807, 2.05) is 72.8 Å². The molecule has 1 aromatic heterocycles. The molecule has 4 atom stereocenters.